The average molecular weight is 305 g/mol. The molecule has 2 aromatic rings. The maximum atomic E-state index is 12.1. The van der Waals surface area contributed by atoms with Crippen molar-refractivity contribution in [2.75, 3.05) is 13.2 Å². The van der Waals surface area contributed by atoms with E-state index in [9.17, 15) is 4.79 Å². The fourth-order valence-corrected chi connectivity index (χ4v) is 2.42. The highest BCUT2D eigenvalue weighted by atomic mass is 16.5. The van der Waals surface area contributed by atoms with Gasteiger partial charge in [0, 0.05) is 26.0 Å². The van der Waals surface area contributed by atoms with Gasteiger partial charge >= 0.3 is 0 Å². The molecule has 1 N–H and O–H groups in total. The lowest BCUT2D eigenvalue weighted by Crippen LogP contribution is -2.45. The molecule has 2 atom stereocenters. The first-order valence-corrected chi connectivity index (χ1v) is 7.11. The third-order valence-electron chi connectivity index (χ3n) is 3.61. The molecule has 8 nitrogen and oxygen atoms in total. The van der Waals surface area contributed by atoms with Crippen LogP contribution in [-0.4, -0.2) is 50.8 Å². The van der Waals surface area contributed by atoms with Crippen molar-refractivity contribution >= 4 is 5.91 Å². The van der Waals surface area contributed by atoms with Crippen LogP contribution in [0.5, 0.6) is 5.75 Å². The van der Waals surface area contributed by atoms with Crippen molar-refractivity contribution in [3.63, 3.8) is 0 Å². The molecule has 118 valence electrons. The van der Waals surface area contributed by atoms with E-state index >= 15 is 0 Å². The Morgan fingerprint density at radius 1 is 1.45 bits per heavy atom. The minimum atomic E-state index is -0.209. The molecule has 0 saturated carbocycles. The third-order valence-corrected chi connectivity index (χ3v) is 3.61. The summed E-state index contributed by atoms with van der Waals surface area (Å²) in [6.45, 7) is 0.896. The van der Waals surface area contributed by atoms with E-state index in [0.717, 1.165) is 5.69 Å². The van der Waals surface area contributed by atoms with Gasteiger partial charge in [-0.25, -0.2) is 0 Å². The summed E-state index contributed by atoms with van der Waals surface area (Å²) in [4.78, 5) is 12.1. The van der Waals surface area contributed by atoms with Gasteiger partial charge in [-0.05, 0) is 6.07 Å². The predicted molar refractivity (Wildman–Crippen MR) is 77.3 cm³/mol. The average Bonchev–Trinajstić information content (AvgIpc) is 3.16. The van der Waals surface area contributed by atoms with Crippen LogP contribution in [0.4, 0.5) is 0 Å². The van der Waals surface area contributed by atoms with Gasteiger partial charge in [0.05, 0.1) is 38.1 Å². The second kappa shape index (κ2) is 6.18. The van der Waals surface area contributed by atoms with Gasteiger partial charge in [-0.15, -0.1) is 0 Å². The zero-order valence-corrected chi connectivity index (χ0v) is 12.6. The summed E-state index contributed by atoms with van der Waals surface area (Å²) in [6.07, 6.45) is 5.18. The maximum absolute atomic E-state index is 12.1. The summed E-state index contributed by atoms with van der Waals surface area (Å²) in [6, 6.07) is 1.66. The standard InChI is InChI=1S/C14H19N5O3/c1-18-7-11(6-16-18)22-13-9-21-8-12(13)17-14(20)5-10-3-4-15-19(10)2/h3-4,6-7,12-13H,5,8-9H2,1-2H3,(H,17,20)/t12-,13+/m0/s1. The van der Waals surface area contributed by atoms with Crippen LogP contribution < -0.4 is 10.1 Å². The lowest BCUT2D eigenvalue weighted by Gasteiger charge is -2.19. The van der Waals surface area contributed by atoms with E-state index in [0.29, 0.717) is 19.0 Å². The lowest BCUT2D eigenvalue weighted by atomic mass is 10.2. The minimum absolute atomic E-state index is 0.0705. The number of nitrogens with one attached hydrogen (secondary N) is 1. The molecule has 0 spiro atoms. The molecule has 3 rings (SSSR count). The van der Waals surface area contributed by atoms with Gasteiger partial charge in [0.1, 0.15) is 6.10 Å². The molecule has 1 fully saturated rings. The Morgan fingerprint density at radius 3 is 3.00 bits per heavy atom. The number of carbonyl (C=O) groups excluding carboxylic acids is 1. The predicted octanol–water partition coefficient (Wildman–Crippen LogP) is -0.341. The van der Waals surface area contributed by atoms with Crippen LogP contribution in [0.25, 0.3) is 0 Å². The molecular formula is C14H19N5O3. The zero-order valence-electron chi connectivity index (χ0n) is 12.6. The van der Waals surface area contributed by atoms with Gasteiger partial charge in [-0.1, -0.05) is 0 Å². The molecule has 0 bridgehead atoms. The molecule has 22 heavy (non-hydrogen) atoms. The van der Waals surface area contributed by atoms with Crippen molar-refractivity contribution in [2.45, 2.75) is 18.6 Å². The van der Waals surface area contributed by atoms with Crippen LogP contribution in [0.1, 0.15) is 5.69 Å². The first-order chi connectivity index (χ1) is 10.6. The van der Waals surface area contributed by atoms with Crippen molar-refractivity contribution in [1.29, 1.82) is 0 Å². The molecule has 0 aliphatic carbocycles. The van der Waals surface area contributed by atoms with Crippen molar-refractivity contribution in [3.05, 3.63) is 30.4 Å². The summed E-state index contributed by atoms with van der Waals surface area (Å²) >= 11 is 0. The van der Waals surface area contributed by atoms with E-state index in [2.05, 4.69) is 15.5 Å². The molecule has 1 saturated heterocycles. The Kier molecular flexibility index (Phi) is 4.10. The first-order valence-electron chi connectivity index (χ1n) is 7.11. The van der Waals surface area contributed by atoms with E-state index in [1.807, 2.05) is 20.2 Å². The van der Waals surface area contributed by atoms with Crippen molar-refractivity contribution in [1.82, 2.24) is 24.9 Å². The van der Waals surface area contributed by atoms with Gasteiger partial charge < -0.3 is 14.8 Å². The molecule has 0 radical (unpaired) electrons. The quantitative estimate of drug-likeness (QED) is 0.817. The van der Waals surface area contributed by atoms with Crippen LogP contribution in [0, 0.1) is 0 Å². The SMILES string of the molecule is Cn1cc(O[C@@H]2COC[C@@H]2NC(=O)Cc2ccnn2C)cn1. The molecule has 1 aliphatic heterocycles. The molecule has 1 amide bonds. The highest BCUT2D eigenvalue weighted by Gasteiger charge is 2.31. The first kappa shape index (κ1) is 14.6. The summed E-state index contributed by atoms with van der Waals surface area (Å²) in [5, 5.41) is 11.1. The van der Waals surface area contributed by atoms with Gasteiger partial charge in [0.2, 0.25) is 5.91 Å². The minimum Gasteiger partial charge on any atom is -0.482 e. The number of nitrogens with zero attached hydrogens (tertiary/aromatic N) is 4. The molecule has 0 aromatic carbocycles. The Morgan fingerprint density at radius 2 is 2.32 bits per heavy atom. The molecule has 1 aliphatic rings. The number of aryl methyl sites for hydroxylation is 2. The van der Waals surface area contributed by atoms with E-state index in [1.54, 1.807) is 28.0 Å². The number of ether oxygens (including phenoxy) is 2. The summed E-state index contributed by atoms with van der Waals surface area (Å²) in [5.41, 5.74) is 0.862. The summed E-state index contributed by atoms with van der Waals surface area (Å²) in [7, 11) is 3.64. The third kappa shape index (κ3) is 3.28. The van der Waals surface area contributed by atoms with E-state index < -0.39 is 0 Å². The smallest absolute Gasteiger partial charge is 0.226 e. The number of hydrogen-bond donors (Lipinski definition) is 1. The van der Waals surface area contributed by atoms with Gasteiger partial charge in [-0.3, -0.25) is 14.2 Å². The number of aromatic nitrogens is 4. The highest BCUT2D eigenvalue weighted by molar-refractivity contribution is 5.78. The second-order valence-electron chi connectivity index (χ2n) is 5.34. The van der Waals surface area contributed by atoms with Crippen molar-refractivity contribution in [2.24, 2.45) is 14.1 Å². The van der Waals surface area contributed by atoms with Gasteiger partial charge in [0.15, 0.2) is 5.75 Å². The van der Waals surface area contributed by atoms with Crippen LogP contribution >= 0.6 is 0 Å². The van der Waals surface area contributed by atoms with E-state index in [-0.39, 0.29) is 24.5 Å². The van der Waals surface area contributed by atoms with E-state index in [4.69, 9.17) is 9.47 Å². The summed E-state index contributed by atoms with van der Waals surface area (Å²) < 4.78 is 14.6. The van der Waals surface area contributed by atoms with Gasteiger partial charge in [-0.2, -0.15) is 10.2 Å². The monoisotopic (exact) mass is 305 g/mol. The van der Waals surface area contributed by atoms with Crippen LogP contribution in [0.3, 0.4) is 0 Å². The topological polar surface area (TPSA) is 83.2 Å². The summed E-state index contributed by atoms with van der Waals surface area (Å²) in [5.74, 6) is 0.600. The number of hydrogen-bond acceptors (Lipinski definition) is 5. The number of rotatable bonds is 5. The lowest BCUT2D eigenvalue weighted by molar-refractivity contribution is -0.121. The number of carbonyl (C=O) groups is 1. The Labute approximate surface area is 128 Å². The largest absolute Gasteiger partial charge is 0.482 e. The normalized spacial score (nSPS) is 21.0. The fraction of sp³-hybridized carbons (Fsp3) is 0.500. The Bertz CT molecular complexity index is 650. The Balaban J connectivity index is 1.56. The molecule has 8 heteroatoms. The fourth-order valence-electron chi connectivity index (χ4n) is 2.42. The van der Waals surface area contributed by atoms with Crippen LogP contribution in [-0.2, 0) is 30.0 Å². The van der Waals surface area contributed by atoms with Gasteiger partial charge in [0.25, 0.3) is 0 Å². The molecular weight excluding hydrogens is 286 g/mol. The van der Waals surface area contributed by atoms with Crippen molar-refractivity contribution < 1.29 is 14.3 Å². The number of amides is 1. The highest BCUT2D eigenvalue weighted by Crippen LogP contribution is 2.16. The van der Waals surface area contributed by atoms with Crippen LogP contribution in [0.15, 0.2) is 24.7 Å². The molecule has 0 unspecified atom stereocenters. The molecule has 2 aromatic heterocycles. The van der Waals surface area contributed by atoms with Crippen molar-refractivity contribution in [3.8, 4) is 5.75 Å². The Hall–Kier alpha value is -2.35. The maximum Gasteiger partial charge on any atom is 0.226 e. The second-order valence-corrected chi connectivity index (χ2v) is 5.34. The molecule has 3 heterocycles. The zero-order chi connectivity index (χ0) is 15.5. The van der Waals surface area contributed by atoms with Crippen LogP contribution in [0.2, 0.25) is 0 Å². The van der Waals surface area contributed by atoms with E-state index in [1.165, 1.54) is 0 Å².